The smallest absolute Gasteiger partial charge is 0.194 e. The van der Waals surface area contributed by atoms with Gasteiger partial charge in [0, 0.05) is 29.9 Å². The predicted octanol–water partition coefficient (Wildman–Crippen LogP) is 2.70. The van der Waals surface area contributed by atoms with Gasteiger partial charge in [-0.05, 0) is 0 Å². The topological polar surface area (TPSA) is 38.1 Å². The van der Waals surface area contributed by atoms with E-state index >= 15 is 0 Å². The van der Waals surface area contributed by atoms with Gasteiger partial charge in [0.25, 0.3) is 0 Å². The molecule has 0 bridgehead atoms. The van der Waals surface area contributed by atoms with Crippen LogP contribution in [0.4, 0.5) is 18.9 Å². The van der Waals surface area contributed by atoms with Crippen molar-refractivity contribution in [3.63, 3.8) is 0 Å². The van der Waals surface area contributed by atoms with E-state index in [1.807, 2.05) is 0 Å². The number of nitrogens with one attached hydrogen (secondary N) is 1. The second-order valence-electron chi connectivity index (χ2n) is 3.14. The fourth-order valence-electron chi connectivity index (χ4n) is 1.18. The summed E-state index contributed by atoms with van der Waals surface area (Å²) in [5.74, 6) is -3.93. The molecule has 2 aromatic rings. The third-order valence-corrected chi connectivity index (χ3v) is 1.96. The number of halogens is 3. The molecule has 84 valence electrons. The van der Waals surface area contributed by atoms with Crippen LogP contribution in [0.1, 0.15) is 5.56 Å². The van der Waals surface area contributed by atoms with Gasteiger partial charge in [0.1, 0.15) is 6.26 Å². The molecule has 6 heteroatoms. The minimum atomic E-state index is -1.48. The summed E-state index contributed by atoms with van der Waals surface area (Å²) in [4.78, 5) is 0. The van der Waals surface area contributed by atoms with Gasteiger partial charge in [-0.2, -0.15) is 0 Å². The van der Waals surface area contributed by atoms with E-state index in [9.17, 15) is 13.2 Å². The third-order valence-electron chi connectivity index (χ3n) is 1.96. The Bertz CT molecular complexity index is 462. The molecule has 0 spiro atoms. The van der Waals surface area contributed by atoms with E-state index < -0.39 is 17.5 Å². The fraction of sp³-hybridized carbons (Fsp3) is 0.100. The summed E-state index contributed by atoms with van der Waals surface area (Å²) in [6.07, 6.45) is 2.85. The lowest BCUT2D eigenvalue weighted by molar-refractivity contribution is 0.419. The third kappa shape index (κ3) is 2.16. The van der Waals surface area contributed by atoms with Gasteiger partial charge in [0.05, 0.1) is 6.20 Å². The SMILES string of the molecule is Fc1cc(NCc2cnoc2)cc(F)c1F. The second-order valence-corrected chi connectivity index (χ2v) is 3.14. The minimum Gasteiger partial charge on any atom is -0.381 e. The van der Waals surface area contributed by atoms with Crippen LogP contribution in [0.3, 0.4) is 0 Å². The molecule has 1 aromatic heterocycles. The summed E-state index contributed by atoms with van der Waals surface area (Å²) in [6, 6.07) is 1.76. The van der Waals surface area contributed by atoms with Gasteiger partial charge in [-0.1, -0.05) is 5.16 Å². The van der Waals surface area contributed by atoms with Gasteiger partial charge >= 0.3 is 0 Å². The van der Waals surface area contributed by atoms with E-state index in [4.69, 9.17) is 0 Å². The van der Waals surface area contributed by atoms with Crippen LogP contribution in [0.15, 0.2) is 29.1 Å². The normalized spacial score (nSPS) is 10.4. The maximum atomic E-state index is 12.8. The number of anilines is 1. The lowest BCUT2D eigenvalue weighted by Gasteiger charge is -2.05. The van der Waals surface area contributed by atoms with Crippen LogP contribution >= 0.6 is 0 Å². The summed E-state index contributed by atoms with van der Waals surface area (Å²) in [5.41, 5.74) is 0.864. The highest BCUT2D eigenvalue weighted by molar-refractivity contribution is 5.44. The van der Waals surface area contributed by atoms with Crippen LogP contribution in [-0.4, -0.2) is 5.16 Å². The summed E-state index contributed by atoms with van der Waals surface area (Å²) < 4.78 is 42.8. The molecule has 0 atom stereocenters. The zero-order chi connectivity index (χ0) is 11.5. The molecule has 1 heterocycles. The highest BCUT2D eigenvalue weighted by Crippen LogP contribution is 2.17. The molecule has 3 nitrogen and oxygen atoms in total. The Morgan fingerprint density at radius 1 is 1.19 bits per heavy atom. The van der Waals surface area contributed by atoms with Crippen molar-refractivity contribution in [2.75, 3.05) is 5.32 Å². The van der Waals surface area contributed by atoms with E-state index in [2.05, 4.69) is 15.0 Å². The molecule has 1 aromatic carbocycles. The summed E-state index contributed by atoms with van der Waals surface area (Å²) >= 11 is 0. The van der Waals surface area contributed by atoms with Gasteiger partial charge in [0.2, 0.25) is 0 Å². The first-order chi connectivity index (χ1) is 7.66. The predicted molar refractivity (Wildman–Crippen MR) is 50.1 cm³/mol. The Hall–Kier alpha value is -1.98. The van der Waals surface area contributed by atoms with Crippen LogP contribution in [0, 0.1) is 17.5 Å². The van der Waals surface area contributed by atoms with Gasteiger partial charge in [-0.15, -0.1) is 0 Å². The molecule has 0 aliphatic rings. The lowest BCUT2D eigenvalue weighted by Crippen LogP contribution is -2.01. The first-order valence-corrected chi connectivity index (χ1v) is 4.43. The number of rotatable bonds is 3. The van der Waals surface area contributed by atoms with Gasteiger partial charge in [0.15, 0.2) is 17.5 Å². The average molecular weight is 228 g/mol. The molecule has 0 aliphatic carbocycles. The van der Waals surface area contributed by atoms with Crippen LogP contribution in [-0.2, 0) is 6.54 Å². The first kappa shape index (κ1) is 10.5. The molecule has 16 heavy (non-hydrogen) atoms. The quantitative estimate of drug-likeness (QED) is 0.821. The van der Waals surface area contributed by atoms with E-state index in [1.54, 1.807) is 0 Å². The van der Waals surface area contributed by atoms with E-state index in [0.29, 0.717) is 5.56 Å². The van der Waals surface area contributed by atoms with Crippen molar-refractivity contribution < 1.29 is 17.7 Å². The molecule has 0 fully saturated rings. The van der Waals surface area contributed by atoms with Crippen LogP contribution in [0.5, 0.6) is 0 Å². The first-order valence-electron chi connectivity index (χ1n) is 4.43. The molecule has 0 radical (unpaired) electrons. The number of nitrogens with zero attached hydrogens (tertiary/aromatic N) is 1. The van der Waals surface area contributed by atoms with Crippen LogP contribution in [0.2, 0.25) is 0 Å². The molecule has 0 saturated carbocycles. The molecular weight excluding hydrogens is 221 g/mol. The number of hydrogen-bond acceptors (Lipinski definition) is 3. The van der Waals surface area contributed by atoms with Gasteiger partial charge < -0.3 is 9.84 Å². The van der Waals surface area contributed by atoms with Crippen molar-refractivity contribution in [3.05, 3.63) is 47.6 Å². The molecule has 0 saturated heterocycles. The molecule has 0 aliphatic heterocycles. The largest absolute Gasteiger partial charge is 0.381 e. The zero-order valence-electron chi connectivity index (χ0n) is 8.01. The van der Waals surface area contributed by atoms with Gasteiger partial charge in [-0.25, -0.2) is 13.2 Å². The average Bonchev–Trinajstić information content (AvgIpc) is 2.75. The van der Waals surface area contributed by atoms with E-state index in [-0.39, 0.29) is 12.2 Å². The maximum absolute atomic E-state index is 12.8. The van der Waals surface area contributed by atoms with Gasteiger partial charge in [-0.3, -0.25) is 0 Å². The van der Waals surface area contributed by atoms with Crippen LogP contribution in [0.25, 0.3) is 0 Å². The number of benzene rings is 1. The molecule has 1 N–H and O–H groups in total. The monoisotopic (exact) mass is 228 g/mol. The molecule has 0 unspecified atom stereocenters. The Labute approximate surface area is 88.9 Å². The number of hydrogen-bond donors (Lipinski definition) is 1. The minimum absolute atomic E-state index is 0.151. The fourth-order valence-corrected chi connectivity index (χ4v) is 1.18. The Balaban J connectivity index is 2.10. The zero-order valence-corrected chi connectivity index (χ0v) is 8.01. The van der Waals surface area contributed by atoms with E-state index in [1.165, 1.54) is 12.5 Å². The molecule has 0 amide bonds. The van der Waals surface area contributed by atoms with Crippen molar-refractivity contribution in [1.29, 1.82) is 0 Å². The Morgan fingerprint density at radius 3 is 2.44 bits per heavy atom. The second kappa shape index (κ2) is 4.26. The van der Waals surface area contributed by atoms with Crippen molar-refractivity contribution in [1.82, 2.24) is 5.16 Å². The van der Waals surface area contributed by atoms with Crippen molar-refractivity contribution in [3.8, 4) is 0 Å². The Kier molecular flexibility index (Phi) is 2.80. The molecule has 2 rings (SSSR count). The maximum Gasteiger partial charge on any atom is 0.194 e. The van der Waals surface area contributed by atoms with Crippen molar-refractivity contribution >= 4 is 5.69 Å². The Morgan fingerprint density at radius 2 is 1.88 bits per heavy atom. The highest BCUT2D eigenvalue weighted by Gasteiger charge is 2.10. The van der Waals surface area contributed by atoms with Crippen molar-refractivity contribution in [2.45, 2.75) is 6.54 Å². The van der Waals surface area contributed by atoms with Crippen molar-refractivity contribution in [2.24, 2.45) is 0 Å². The highest BCUT2D eigenvalue weighted by atomic mass is 19.2. The van der Waals surface area contributed by atoms with Crippen LogP contribution < -0.4 is 5.32 Å². The summed E-state index contributed by atoms with van der Waals surface area (Å²) in [7, 11) is 0. The molecular formula is C10H7F3N2O. The summed E-state index contributed by atoms with van der Waals surface area (Å²) in [5, 5.41) is 6.17. The number of aromatic nitrogens is 1. The summed E-state index contributed by atoms with van der Waals surface area (Å²) in [6.45, 7) is 0.286. The van der Waals surface area contributed by atoms with E-state index in [0.717, 1.165) is 12.1 Å². The standard InChI is InChI=1S/C10H7F3N2O/c11-8-1-7(2-9(12)10(8)13)14-3-6-4-15-16-5-6/h1-2,4-5,14H,3H2. The lowest BCUT2D eigenvalue weighted by atomic mass is 10.2.